The third-order valence-electron chi connectivity index (χ3n) is 2.89. The molecule has 0 aliphatic rings. The fourth-order valence-corrected chi connectivity index (χ4v) is 1.74. The third kappa shape index (κ3) is 3.25. The van der Waals surface area contributed by atoms with Gasteiger partial charge in [-0.3, -0.25) is 9.97 Å². The summed E-state index contributed by atoms with van der Waals surface area (Å²) in [6, 6.07) is 7.11. The molecule has 22 heavy (non-hydrogen) atoms. The van der Waals surface area contributed by atoms with Gasteiger partial charge in [0, 0.05) is 18.6 Å². The van der Waals surface area contributed by atoms with Crippen LogP contribution in [0.2, 0.25) is 0 Å². The molecular formula is C15H13FN4O2. The molecule has 0 aliphatic carbocycles. The lowest BCUT2D eigenvalue weighted by atomic mass is 10.2. The normalized spacial score (nSPS) is 12.1. The van der Waals surface area contributed by atoms with Gasteiger partial charge < -0.3 is 9.15 Å². The van der Waals surface area contributed by atoms with Crippen LogP contribution in [0.1, 0.15) is 24.7 Å². The first kappa shape index (κ1) is 14.1. The van der Waals surface area contributed by atoms with E-state index >= 15 is 0 Å². The van der Waals surface area contributed by atoms with E-state index in [1.165, 1.54) is 6.92 Å². The SMILES string of the molecule is CC(F)c1nnc(-c2ccc(COc3ccncc3)nc2)o1. The van der Waals surface area contributed by atoms with Crippen LogP contribution < -0.4 is 4.74 Å². The van der Waals surface area contributed by atoms with Gasteiger partial charge in [-0.1, -0.05) is 0 Å². The van der Waals surface area contributed by atoms with Gasteiger partial charge in [0.15, 0.2) is 6.17 Å². The molecule has 1 unspecified atom stereocenters. The van der Waals surface area contributed by atoms with Gasteiger partial charge in [-0.2, -0.15) is 0 Å². The second-order valence-electron chi connectivity index (χ2n) is 4.57. The Labute approximate surface area is 126 Å². The monoisotopic (exact) mass is 300 g/mol. The summed E-state index contributed by atoms with van der Waals surface area (Å²) in [5.41, 5.74) is 1.38. The van der Waals surface area contributed by atoms with Crippen LogP contribution in [0.15, 0.2) is 47.3 Å². The smallest absolute Gasteiger partial charge is 0.250 e. The van der Waals surface area contributed by atoms with Crippen LogP contribution >= 0.6 is 0 Å². The molecule has 0 aromatic carbocycles. The fourth-order valence-electron chi connectivity index (χ4n) is 1.74. The predicted octanol–water partition coefficient (Wildman–Crippen LogP) is 3.14. The van der Waals surface area contributed by atoms with Crippen LogP contribution in [0.3, 0.4) is 0 Å². The first-order chi connectivity index (χ1) is 10.7. The van der Waals surface area contributed by atoms with E-state index in [1.807, 2.05) is 0 Å². The van der Waals surface area contributed by atoms with E-state index in [4.69, 9.17) is 9.15 Å². The topological polar surface area (TPSA) is 73.9 Å². The molecule has 0 radical (unpaired) electrons. The van der Waals surface area contributed by atoms with Crippen LogP contribution in [0.25, 0.3) is 11.5 Å². The molecule has 0 aliphatic heterocycles. The summed E-state index contributed by atoms with van der Waals surface area (Å²) in [6.45, 7) is 1.68. The lowest BCUT2D eigenvalue weighted by Crippen LogP contribution is -1.98. The Kier molecular flexibility index (Phi) is 4.04. The number of rotatable bonds is 5. The first-order valence-corrected chi connectivity index (χ1v) is 6.68. The summed E-state index contributed by atoms with van der Waals surface area (Å²) in [7, 11) is 0. The number of pyridine rings is 2. The van der Waals surface area contributed by atoms with Gasteiger partial charge >= 0.3 is 0 Å². The summed E-state index contributed by atoms with van der Waals surface area (Å²) in [6.07, 6.45) is 3.61. The van der Waals surface area contributed by atoms with Crippen molar-refractivity contribution < 1.29 is 13.5 Å². The number of hydrogen-bond acceptors (Lipinski definition) is 6. The summed E-state index contributed by atoms with van der Waals surface area (Å²) >= 11 is 0. The highest BCUT2D eigenvalue weighted by Gasteiger charge is 2.14. The molecule has 3 aromatic heterocycles. The minimum Gasteiger partial charge on any atom is -0.487 e. The Morgan fingerprint density at radius 2 is 2.00 bits per heavy atom. The van der Waals surface area contributed by atoms with Crippen molar-refractivity contribution in [1.82, 2.24) is 20.2 Å². The lowest BCUT2D eigenvalue weighted by Gasteiger charge is -2.05. The van der Waals surface area contributed by atoms with Crippen LogP contribution in [-0.4, -0.2) is 20.2 Å². The van der Waals surface area contributed by atoms with Crippen LogP contribution in [0.4, 0.5) is 4.39 Å². The number of halogens is 1. The van der Waals surface area contributed by atoms with Crippen molar-refractivity contribution in [3.63, 3.8) is 0 Å². The molecule has 0 fully saturated rings. The van der Waals surface area contributed by atoms with Crippen molar-refractivity contribution >= 4 is 0 Å². The highest BCUT2D eigenvalue weighted by atomic mass is 19.1. The lowest BCUT2D eigenvalue weighted by molar-refractivity contribution is 0.300. The summed E-state index contributed by atoms with van der Waals surface area (Å²) in [5, 5.41) is 7.44. The minimum absolute atomic E-state index is 0.0416. The van der Waals surface area contributed by atoms with Crippen LogP contribution in [0, 0.1) is 0 Å². The molecule has 0 saturated carbocycles. The molecule has 0 N–H and O–H groups in total. The number of hydrogen-bond donors (Lipinski definition) is 0. The van der Waals surface area contributed by atoms with Gasteiger partial charge in [0.25, 0.3) is 5.89 Å². The van der Waals surface area contributed by atoms with Crippen molar-refractivity contribution in [2.24, 2.45) is 0 Å². The zero-order valence-corrected chi connectivity index (χ0v) is 11.8. The molecule has 3 heterocycles. The maximum Gasteiger partial charge on any atom is 0.250 e. The van der Waals surface area contributed by atoms with Gasteiger partial charge in [0.2, 0.25) is 5.89 Å². The Morgan fingerprint density at radius 3 is 2.64 bits per heavy atom. The van der Waals surface area contributed by atoms with Crippen molar-refractivity contribution in [3.8, 4) is 17.2 Å². The van der Waals surface area contributed by atoms with E-state index in [9.17, 15) is 4.39 Å². The molecular weight excluding hydrogens is 287 g/mol. The van der Waals surface area contributed by atoms with Crippen molar-refractivity contribution in [2.45, 2.75) is 19.7 Å². The van der Waals surface area contributed by atoms with Crippen LogP contribution in [0.5, 0.6) is 5.75 Å². The highest BCUT2D eigenvalue weighted by Crippen LogP contribution is 2.21. The van der Waals surface area contributed by atoms with Gasteiger partial charge in [-0.05, 0) is 31.2 Å². The second kappa shape index (κ2) is 6.30. The highest BCUT2D eigenvalue weighted by molar-refractivity contribution is 5.50. The van der Waals surface area contributed by atoms with E-state index in [2.05, 4.69) is 20.2 Å². The van der Waals surface area contributed by atoms with E-state index in [1.54, 1.807) is 42.9 Å². The molecule has 112 valence electrons. The molecule has 1 atom stereocenters. The second-order valence-corrected chi connectivity index (χ2v) is 4.57. The number of nitrogens with zero attached hydrogens (tertiary/aromatic N) is 4. The van der Waals surface area contributed by atoms with E-state index in [-0.39, 0.29) is 11.8 Å². The molecule has 0 saturated heterocycles. The fraction of sp³-hybridized carbons (Fsp3) is 0.200. The maximum absolute atomic E-state index is 13.1. The average Bonchev–Trinajstić information content (AvgIpc) is 3.05. The molecule has 3 aromatic rings. The summed E-state index contributed by atoms with van der Waals surface area (Å²) < 4.78 is 23.9. The molecule has 6 nitrogen and oxygen atoms in total. The third-order valence-corrected chi connectivity index (χ3v) is 2.89. The van der Waals surface area contributed by atoms with Crippen molar-refractivity contribution in [2.75, 3.05) is 0 Å². The summed E-state index contributed by atoms with van der Waals surface area (Å²) in [5.74, 6) is 0.924. The Balaban J connectivity index is 1.67. The van der Waals surface area contributed by atoms with Gasteiger partial charge in [0.1, 0.15) is 12.4 Å². The molecule has 0 amide bonds. The predicted molar refractivity (Wildman–Crippen MR) is 75.6 cm³/mol. The van der Waals surface area contributed by atoms with E-state index in [0.29, 0.717) is 12.2 Å². The Hall–Kier alpha value is -2.83. The quantitative estimate of drug-likeness (QED) is 0.720. The first-order valence-electron chi connectivity index (χ1n) is 6.68. The van der Waals surface area contributed by atoms with E-state index < -0.39 is 6.17 Å². The molecule has 3 rings (SSSR count). The number of ether oxygens (including phenoxy) is 1. The zero-order valence-electron chi connectivity index (χ0n) is 11.8. The standard InChI is InChI=1S/C15H13FN4O2/c1-10(16)14-19-20-15(22-14)11-2-3-12(18-8-11)9-21-13-4-6-17-7-5-13/h2-8,10H,9H2,1H3. The van der Waals surface area contributed by atoms with Gasteiger partial charge in [-0.15, -0.1) is 10.2 Å². The van der Waals surface area contributed by atoms with Crippen molar-refractivity contribution in [1.29, 1.82) is 0 Å². The van der Waals surface area contributed by atoms with E-state index in [0.717, 1.165) is 11.4 Å². The van der Waals surface area contributed by atoms with Crippen molar-refractivity contribution in [3.05, 3.63) is 54.4 Å². The maximum atomic E-state index is 13.1. The zero-order chi connectivity index (χ0) is 15.4. The largest absolute Gasteiger partial charge is 0.487 e. The Morgan fingerprint density at radius 1 is 1.18 bits per heavy atom. The minimum atomic E-state index is -1.29. The number of aromatic nitrogens is 4. The average molecular weight is 300 g/mol. The molecule has 0 bridgehead atoms. The Bertz CT molecular complexity index is 729. The molecule has 0 spiro atoms. The van der Waals surface area contributed by atoms with Crippen LogP contribution in [-0.2, 0) is 6.61 Å². The number of alkyl halides is 1. The summed E-state index contributed by atoms with van der Waals surface area (Å²) in [4.78, 5) is 8.18. The molecule has 7 heteroatoms. The van der Waals surface area contributed by atoms with Gasteiger partial charge in [-0.25, -0.2) is 4.39 Å². The van der Waals surface area contributed by atoms with Gasteiger partial charge in [0.05, 0.1) is 11.3 Å².